The quantitative estimate of drug-likeness (QED) is 0.842. The lowest BCUT2D eigenvalue weighted by atomic mass is 10.2. The third-order valence-corrected chi connectivity index (χ3v) is 3.90. The fourth-order valence-corrected chi connectivity index (χ4v) is 2.61. The van der Waals surface area contributed by atoms with Crippen LogP contribution in [0.4, 0.5) is 4.39 Å². The van der Waals surface area contributed by atoms with Gasteiger partial charge in [0.05, 0.1) is 0 Å². The largest absolute Gasteiger partial charge is 0.245 e. The Kier molecular flexibility index (Phi) is 3.19. The van der Waals surface area contributed by atoms with E-state index in [9.17, 15) is 12.8 Å². The van der Waals surface area contributed by atoms with Crippen LogP contribution in [0.5, 0.6) is 0 Å². The van der Waals surface area contributed by atoms with Gasteiger partial charge < -0.3 is 0 Å². The molecule has 0 bridgehead atoms. The molecule has 3 nitrogen and oxygen atoms in total. The predicted octanol–water partition coefficient (Wildman–Crippen LogP) is 2.52. The molecule has 1 aromatic heterocycles. The molecule has 2 rings (SSSR count). The fourth-order valence-electron chi connectivity index (χ4n) is 1.40. The van der Waals surface area contributed by atoms with Crippen LogP contribution in [0.2, 0.25) is 0 Å². The van der Waals surface area contributed by atoms with Gasteiger partial charge in [-0.3, -0.25) is 0 Å². The van der Waals surface area contributed by atoms with Crippen molar-refractivity contribution in [3.8, 4) is 0 Å². The first-order valence-electron chi connectivity index (χ1n) is 4.96. The van der Waals surface area contributed by atoms with Gasteiger partial charge >= 0.3 is 0 Å². The molecule has 5 heteroatoms. The van der Waals surface area contributed by atoms with Gasteiger partial charge in [-0.05, 0) is 12.1 Å². The summed E-state index contributed by atoms with van der Waals surface area (Å²) in [6.45, 7) is 0. The van der Waals surface area contributed by atoms with E-state index in [1.165, 1.54) is 30.5 Å². The van der Waals surface area contributed by atoms with Gasteiger partial charge in [0.15, 0.2) is 5.03 Å². The summed E-state index contributed by atoms with van der Waals surface area (Å²) < 4.78 is 37.8. The van der Waals surface area contributed by atoms with E-state index in [4.69, 9.17) is 0 Å². The number of halogens is 1. The average Bonchev–Trinajstić information content (AvgIpc) is 2.40. The predicted molar refractivity (Wildman–Crippen MR) is 61.7 cm³/mol. The summed E-state index contributed by atoms with van der Waals surface area (Å²) in [5.74, 6) is 0. The molecule has 0 aliphatic rings. The number of benzene rings is 1. The number of sulfone groups is 1. The van der Waals surface area contributed by atoms with Gasteiger partial charge in [-0.1, -0.05) is 36.4 Å². The molecule has 0 amide bonds. The second kappa shape index (κ2) is 4.63. The molecule has 17 heavy (non-hydrogen) atoms. The molecule has 0 fully saturated rings. The standard InChI is InChI=1S/C12H10FNO2S/c13-12(10-6-2-1-3-7-10)17(15,16)11-8-4-5-9-14-11/h1-9,12H. The summed E-state index contributed by atoms with van der Waals surface area (Å²) in [5.41, 5.74) is -1.98. The third-order valence-electron chi connectivity index (χ3n) is 2.26. The van der Waals surface area contributed by atoms with Crippen LogP contribution in [-0.2, 0) is 9.84 Å². The highest BCUT2D eigenvalue weighted by atomic mass is 32.2. The molecule has 0 N–H and O–H groups in total. The normalized spacial score (nSPS) is 13.2. The molecule has 0 spiro atoms. The van der Waals surface area contributed by atoms with E-state index < -0.39 is 15.3 Å². The van der Waals surface area contributed by atoms with Gasteiger partial charge in [0, 0.05) is 11.8 Å². The zero-order valence-electron chi connectivity index (χ0n) is 8.82. The van der Waals surface area contributed by atoms with Crippen LogP contribution in [0.15, 0.2) is 59.8 Å². The van der Waals surface area contributed by atoms with Crippen molar-refractivity contribution in [2.45, 2.75) is 10.5 Å². The van der Waals surface area contributed by atoms with Gasteiger partial charge in [0.2, 0.25) is 15.3 Å². The number of nitrogens with zero attached hydrogens (tertiary/aromatic N) is 1. The average molecular weight is 251 g/mol. The minimum atomic E-state index is -4.07. The van der Waals surface area contributed by atoms with E-state index in [1.54, 1.807) is 24.3 Å². The molecule has 0 saturated heterocycles. The molecule has 0 radical (unpaired) electrons. The van der Waals surface area contributed by atoms with E-state index in [2.05, 4.69) is 4.98 Å². The van der Waals surface area contributed by atoms with Crippen molar-refractivity contribution >= 4 is 9.84 Å². The van der Waals surface area contributed by atoms with E-state index >= 15 is 0 Å². The van der Waals surface area contributed by atoms with Crippen molar-refractivity contribution < 1.29 is 12.8 Å². The van der Waals surface area contributed by atoms with Gasteiger partial charge in [0.1, 0.15) is 0 Å². The first kappa shape index (κ1) is 11.7. The fraction of sp³-hybridized carbons (Fsp3) is 0.0833. The lowest BCUT2D eigenvalue weighted by molar-refractivity contribution is 0.429. The Morgan fingerprint density at radius 2 is 1.65 bits per heavy atom. The number of rotatable bonds is 3. The van der Waals surface area contributed by atoms with Crippen LogP contribution >= 0.6 is 0 Å². The molecule has 1 aromatic carbocycles. The molecule has 1 unspecified atom stereocenters. The van der Waals surface area contributed by atoms with Crippen LogP contribution in [0.25, 0.3) is 0 Å². The van der Waals surface area contributed by atoms with E-state index in [-0.39, 0.29) is 10.6 Å². The summed E-state index contributed by atoms with van der Waals surface area (Å²) >= 11 is 0. The molecule has 0 aliphatic carbocycles. The van der Waals surface area contributed by atoms with E-state index in [0.29, 0.717) is 0 Å². The molecular weight excluding hydrogens is 241 g/mol. The number of hydrogen-bond donors (Lipinski definition) is 0. The smallest absolute Gasteiger partial charge is 0.231 e. The highest BCUT2D eigenvalue weighted by Crippen LogP contribution is 2.28. The van der Waals surface area contributed by atoms with Crippen molar-refractivity contribution in [3.63, 3.8) is 0 Å². The number of alkyl halides is 1. The number of hydrogen-bond acceptors (Lipinski definition) is 3. The first-order chi connectivity index (χ1) is 8.12. The third kappa shape index (κ3) is 2.34. The maximum atomic E-state index is 14.0. The Hall–Kier alpha value is -1.75. The lowest BCUT2D eigenvalue weighted by Gasteiger charge is -2.09. The molecule has 88 valence electrons. The lowest BCUT2D eigenvalue weighted by Crippen LogP contribution is -2.10. The molecule has 2 aromatic rings. The van der Waals surface area contributed by atoms with Crippen molar-refractivity contribution in [1.82, 2.24) is 4.98 Å². The molecular formula is C12H10FNO2S. The van der Waals surface area contributed by atoms with Gasteiger partial charge in [-0.2, -0.15) is 0 Å². The van der Waals surface area contributed by atoms with Crippen molar-refractivity contribution in [2.75, 3.05) is 0 Å². The second-order valence-electron chi connectivity index (χ2n) is 3.44. The monoisotopic (exact) mass is 251 g/mol. The Morgan fingerprint density at radius 3 is 2.24 bits per heavy atom. The topological polar surface area (TPSA) is 47.0 Å². The SMILES string of the molecule is O=S(=O)(c1ccccn1)C(F)c1ccccc1. The zero-order chi connectivity index (χ0) is 12.3. The summed E-state index contributed by atoms with van der Waals surface area (Å²) in [6.07, 6.45) is 1.32. The molecule has 0 saturated carbocycles. The molecule has 1 atom stereocenters. The van der Waals surface area contributed by atoms with Gasteiger partial charge in [-0.15, -0.1) is 0 Å². The van der Waals surface area contributed by atoms with Crippen LogP contribution in [0.3, 0.4) is 0 Å². The second-order valence-corrected chi connectivity index (χ2v) is 5.36. The van der Waals surface area contributed by atoms with Crippen molar-refractivity contribution in [1.29, 1.82) is 0 Å². The van der Waals surface area contributed by atoms with Crippen LogP contribution in [0.1, 0.15) is 11.1 Å². The molecule has 0 aliphatic heterocycles. The highest BCUT2D eigenvalue weighted by molar-refractivity contribution is 7.91. The number of aromatic nitrogens is 1. The van der Waals surface area contributed by atoms with E-state index in [0.717, 1.165) is 0 Å². The van der Waals surface area contributed by atoms with E-state index in [1.807, 2.05) is 0 Å². The van der Waals surface area contributed by atoms with Crippen molar-refractivity contribution in [3.05, 3.63) is 60.3 Å². The van der Waals surface area contributed by atoms with Gasteiger partial charge in [0.25, 0.3) is 0 Å². The van der Waals surface area contributed by atoms with Crippen molar-refractivity contribution in [2.24, 2.45) is 0 Å². The summed E-state index contributed by atoms with van der Waals surface area (Å²) in [6, 6.07) is 12.1. The Morgan fingerprint density at radius 1 is 1.00 bits per heavy atom. The highest BCUT2D eigenvalue weighted by Gasteiger charge is 2.29. The summed E-state index contributed by atoms with van der Waals surface area (Å²) in [7, 11) is -4.07. The van der Waals surface area contributed by atoms with Crippen LogP contribution in [-0.4, -0.2) is 13.4 Å². The summed E-state index contributed by atoms with van der Waals surface area (Å²) in [4.78, 5) is 3.67. The van der Waals surface area contributed by atoms with Crippen LogP contribution < -0.4 is 0 Å². The minimum absolute atomic E-state index is 0.109. The maximum Gasteiger partial charge on any atom is 0.231 e. The summed E-state index contributed by atoms with van der Waals surface area (Å²) in [5, 5.41) is -0.253. The first-order valence-corrected chi connectivity index (χ1v) is 6.51. The Balaban J connectivity index is 2.41. The van der Waals surface area contributed by atoms with Gasteiger partial charge in [-0.25, -0.2) is 17.8 Å². The minimum Gasteiger partial charge on any atom is -0.245 e. The van der Waals surface area contributed by atoms with Crippen LogP contribution in [0, 0.1) is 0 Å². The maximum absolute atomic E-state index is 14.0. The molecule has 1 heterocycles. The Bertz CT molecular complexity index is 584. The zero-order valence-corrected chi connectivity index (χ0v) is 9.64. The Labute approximate surface area is 98.9 Å². The number of pyridine rings is 1.